The maximum absolute atomic E-state index is 12.9. The molecule has 4 rings (SSSR count). The molecular formula is C20H22N4O3S. The fraction of sp³-hybridized carbons (Fsp3) is 0.350. The van der Waals surface area contributed by atoms with Crippen LogP contribution in [-0.2, 0) is 15.1 Å². The summed E-state index contributed by atoms with van der Waals surface area (Å²) in [6.45, 7) is 2.60. The van der Waals surface area contributed by atoms with Crippen molar-refractivity contribution in [3.05, 3.63) is 58.3 Å². The Labute approximate surface area is 167 Å². The SMILES string of the molecule is CC1(c2ccccc2)NC(=O)N(NC(=O)CN2CCCC2c2cccs2)C1=O. The van der Waals surface area contributed by atoms with E-state index in [4.69, 9.17) is 0 Å². The summed E-state index contributed by atoms with van der Waals surface area (Å²) in [5, 5.41) is 5.52. The molecule has 2 fully saturated rings. The summed E-state index contributed by atoms with van der Waals surface area (Å²) in [5.74, 6) is -0.863. The second-order valence-corrected chi connectivity index (χ2v) is 8.22. The van der Waals surface area contributed by atoms with Gasteiger partial charge < -0.3 is 5.32 Å². The zero-order valence-electron chi connectivity index (χ0n) is 15.6. The molecule has 0 saturated carbocycles. The molecule has 1 aromatic carbocycles. The molecule has 0 radical (unpaired) electrons. The topological polar surface area (TPSA) is 81.8 Å². The molecular weight excluding hydrogens is 376 g/mol. The lowest BCUT2D eigenvalue weighted by Crippen LogP contribution is -2.50. The van der Waals surface area contributed by atoms with Crippen LogP contribution in [0.4, 0.5) is 4.79 Å². The molecule has 2 unspecified atom stereocenters. The standard InChI is InChI=1S/C20H22N4O3S/c1-20(14-7-3-2-4-8-14)18(26)24(19(27)21-20)22-17(25)13-23-11-5-9-15(23)16-10-6-12-28-16/h2-4,6-8,10,12,15H,5,9,11,13H2,1H3,(H,21,27)(H,22,25). The van der Waals surface area contributed by atoms with Crippen molar-refractivity contribution in [1.82, 2.24) is 20.7 Å². The number of nitrogens with zero attached hydrogens (tertiary/aromatic N) is 2. The third-order valence-corrected chi connectivity index (χ3v) is 6.33. The van der Waals surface area contributed by atoms with Crippen LogP contribution in [0.25, 0.3) is 0 Å². The van der Waals surface area contributed by atoms with Crippen molar-refractivity contribution in [3.8, 4) is 0 Å². The predicted molar refractivity (Wildman–Crippen MR) is 105 cm³/mol. The lowest BCUT2D eigenvalue weighted by atomic mass is 9.92. The molecule has 2 N–H and O–H groups in total. The largest absolute Gasteiger partial charge is 0.344 e. The highest BCUT2D eigenvalue weighted by Crippen LogP contribution is 2.34. The van der Waals surface area contributed by atoms with Gasteiger partial charge in [0.25, 0.3) is 11.8 Å². The number of imide groups is 1. The van der Waals surface area contributed by atoms with Crippen molar-refractivity contribution >= 4 is 29.2 Å². The van der Waals surface area contributed by atoms with E-state index in [1.54, 1.807) is 42.5 Å². The van der Waals surface area contributed by atoms with Crippen LogP contribution < -0.4 is 10.7 Å². The second kappa shape index (κ2) is 7.37. The van der Waals surface area contributed by atoms with Gasteiger partial charge in [-0.3, -0.25) is 19.9 Å². The number of benzene rings is 1. The molecule has 146 valence electrons. The number of hydrogen-bond donors (Lipinski definition) is 2. The van der Waals surface area contributed by atoms with Crippen LogP contribution in [0.2, 0.25) is 0 Å². The molecule has 7 nitrogen and oxygen atoms in total. The van der Waals surface area contributed by atoms with Crippen molar-refractivity contribution in [2.75, 3.05) is 13.1 Å². The molecule has 2 aliphatic rings. The van der Waals surface area contributed by atoms with Crippen molar-refractivity contribution in [2.24, 2.45) is 0 Å². The molecule has 8 heteroatoms. The fourth-order valence-corrected chi connectivity index (χ4v) is 4.77. The van der Waals surface area contributed by atoms with Gasteiger partial charge >= 0.3 is 6.03 Å². The van der Waals surface area contributed by atoms with Crippen LogP contribution in [0.15, 0.2) is 47.8 Å². The van der Waals surface area contributed by atoms with E-state index in [0.29, 0.717) is 5.56 Å². The lowest BCUT2D eigenvalue weighted by Gasteiger charge is -2.25. The molecule has 28 heavy (non-hydrogen) atoms. The fourth-order valence-electron chi connectivity index (χ4n) is 3.87. The number of hydrogen-bond acceptors (Lipinski definition) is 5. The lowest BCUT2D eigenvalue weighted by molar-refractivity contribution is -0.139. The minimum absolute atomic E-state index is 0.141. The molecule has 2 aromatic rings. The summed E-state index contributed by atoms with van der Waals surface area (Å²) < 4.78 is 0. The smallest absolute Gasteiger partial charge is 0.318 e. The number of likely N-dealkylation sites (tertiary alicyclic amines) is 1. The first-order valence-corrected chi connectivity index (χ1v) is 10.2. The minimum atomic E-state index is -1.20. The summed E-state index contributed by atoms with van der Waals surface area (Å²) in [5.41, 5.74) is 1.96. The van der Waals surface area contributed by atoms with Crippen LogP contribution in [0.1, 0.15) is 36.2 Å². The van der Waals surface area contributed by atoms with Crippen molar-refractivity contribution in [2.45, 2.75) is 31.3 Å². The van der Waals surface area contributed by atoms with Gasteiger partial charge in [-0.15, -0.1) is 11.3 Å². The normalized spacial score (nSPS) is 25.2. The first-order chi connectivity index (χ1) is 13.5. The number of hydrazine groups is 1. The summed E-state index contributed by atoms with van der Waals surface area (Å²) >= 11 is 1.68. The number of urea groups is 1. The van der Waals surface area contributed by atoms with Gasteiger partial charge in [0.05, 0.1) is 6.54 Å². The molecule has 1 aromatic heterocycles. The Morgan fingerprint density at radius 2 is 2.04 bits per heavy atom. The van der Waals surface area contributed by atoms with E-state index in [9.17, 15) is 14.4 Å². The summed E-state index contributed by atoms with van der Waals surface area (Å²) in [7, 11) is 0. The van der Waals surface area contributed by atoms with Gasteiger partial charge in [0.1, 0.15) is 5.54 Å². The number of amides is 4. The highest BCUT2D eigenvalue weighted by atomic mass is 32.1. The first kappa shape index (κ1) is 18.6. The van der Waals surface area contributed by atoms with Crippen LogP contribution >= 0.6 is 11.3 Å². The first-order valence-electron chi connectivity index (χ1n) is 9.28. The van der Waals surface area contributed by atoms with E-state index < -0.39 is 17.5 Å². The molecule has 2 aliphatic heterocycles. The Balaban J connectivity index is 1.43. The van der Waals surface area contributed by atoms with Crippen LogP contribution in [0.3, 0.4) is 0 Å². The molecule has 3 heterocycles. The quantitative estimate of drug-likeness (QED) is 0.758. The maximum atomic E-state index is 12.9. The van der Waals surface area contributed by atoms with E-state index in [-0.39, 0.29) is 18.5 Å². The maximum Gasteiger partial charge on any atom is 0.344 e. The monoisotopic (exact) mass is 398 g/mol. The van der Waals surface area contributed by atoms with E-state index >= 15 is 0 Å². The molecule has 0 spiro atoms. The number of thiophene rings is 1. The molecule has 2 saturated heterocycles. The van der Waals surface area contributed by atoms with Crippen LogP contribution in [-0.4, -0.2) is 40.8 Å². The Morgan fingerprint density at radius 1 is 1.25 bits per heavy atom. The van der Waals surface area contributed by atoms with Gasteiger partial charge in [0, 0.05) is 10.9 Å². The predicted octanol–water partition coefficient (Wildman–Crippen LogP) is 2.38. The van der Waals surface area contributed by atoms with Crippen molar-refractivity contribution in [3.63, 3.8) is 0 Å². The molecule has 0 bridgehead atoms. The number of carbonyl (C=O) groups is 3. The van der Waals surface area contributed by atoms with E-state index in [1.165, 1.54) is 4.88 Å². The van der Waals surface area contributed by atoms with Crippen LogP contribution in [0.5, 0.6) is 0 Å². The molecule has 4 amide bonds. The minimum Gasteiger partial charge on any atom is -0.318 e. The van der Waals surface area contributed by atoms with Crippen molar-refractivity contribution < 1.29 is 14.4 Å². The highest BCUT2D eigenvalue weighted by molar-refractivity contribution is 7.10. The van der Waals surface area contributed by atoms with Crippen molar-refractivity contribution in [1.29, 1.82) is 0 Å². The zero-order valence-corrected chi connectivity index (χ0v) is 16.4. The van der Waals surface area contributed by atoms with Gasteiger partial charge in [0.15, 0.2) is 0 Å². The third-order valence-electron chi connectivity index (χ3n) is 5.36. The second-order valence-electron chi connectivity index (χ2n) is 7.24. The van der Waals surface area contributed by atoms with Gasteiger partial charge in [-0.2, -0.15) is 5.01 Å². The van der Waals surface area contributed by atoms with Gasteiger partial charge in [0.2, 0.25) is 0 Å². The van der Waals surface area contributed by atoms with E-state index in [1.807, 2.05) is 17.5 Å². The summed E-state index contributed by atoms with van der Waals surface area (Å²) in [6.07, 6.45) is 2.02. The Morgan fingerprint density at radius 3 is 2.75 bits per heavy atom. The van der Waals surface area contributed by atoms with E-state index in [2.05, 4.69) is 21.7 Å². The average Bonchev–Trinajstić information content (AvgIpc) is 3.41. The zero-order chi connectivity index (χ0) is 19.7. The Hall–Kier alpha value is -2.71. The van der Waals surface area contributed by atoms with Gasteiger partial charge in [-0.1, -0.05) is 36.4 Å². The summed E-state index contributed by atoms with van der Waals surface area (Å²) in [4.78, 5) is 41.2. The number of nitrogens with one attached hydrogen (secondary N) is 2. The Kier molecular flexibility index (Phi) is 4.91. The van der Waals surface area contributed by atoms with Gasteiger partial charge in [-0.05, 0) is 43.3 Å². The van der Waals surface area contributed by atoms with E-state index in [0.717, 1.165) is 24.4 Å². The summed E-state index contributed by atoms with van der Waals surface area (Å²) in [6, 6.07) is 12.7. The molecule has 0 aliphatic carbocycles. The highest BCUT2D eigenvalue weighted by Gasteiger charge is 2.50. The average molecular weight is 398 g/mol. The Bertz CT molecular complexity index is 886. The molecule has 2 atom stereocenters. The number of carbonyl (C=O) groups excluding carboxylic acids is 3. The van der Waals surface area contributed by atoms with Crippen LogP contribution in [0, 0.1) is 0 Å². The van der Waals surface area contributed by atoms with Gasteiger partial charge in [-0.25, -0.2) is 4.79 Å². The third kappa shape index (κ3) is 3.29. The number of rotatable bonds is 5.